The van der Waals surface area contributed by atoms with Crippen LogP contribution >= 0.6 is 0 Å². The summed E-state index contributed by atoms with van der Waals surface area (Å²) in [6.45, 7) is 8.33. The molecule has 0 aliphatic carbocycles. The van der Waals surface area contributed by atoms with Crippen molar-refractivity contribution in [3.63, 3.8) is 0 Å². The van der Waals surface area contributed by atoms with Crippen molar-refractivity contribution in [3.8, 4) is 11.3 Å². The number of amides is 2. The fourth-order valence-corrected chi connectivity index (χ4v) is 4.39. The van der Waals surface area contributed by atoms with Gasteiger partial charge in [-0.1, -0.05) is 0 Å². The van der Waals surface area contributed by atoms with Crippen LogP contribution in [-0.4, -0.2) is 43.7 Å². The van der Waals surface area contributed by atoms with E-state index in [0.717, 1.165) is 28.1 Å². The van der Waals surface area contributed by atoms with Gasteiger partial charge in [0.1, 0.15) is 5.76 Å². The number of hydrogen-bond acceptors (Lipinski definition) is 4. The Morgan fingerprint density at radius 3 is 2.41 bits per heavy atom. The highest BCUT2D eigenvalue weighted by atomic mass is 32.2. The summed E-state index contributed by atoms with van der Waals surface area (Å²) in [6, 6.07) is 7.32. The van der Waals surface area contributed by atoms with Gasteiger partial charge in [0.05, 0.1) is 11.5 Å². The number of carbonyl (C=O) groups excluding carboxylic acids is 1. The van der Waals surface area contributed by atoms with Crippen LogP contribution in [0, 0.1) is 13.8 Å². The molecule has 0 bridgehead atoms. The molecule has 2 heterocycles. The number of anilines is 1. The second-order valence-electron chi connectivity index (χ2n) is 7.79. The van der Waals surface area contributed by atoms with Crippen LogP contribution in [-0.2, 0) is 10.0 Å². The van der Waals surface area contributed by atoms with Crippen LogP contribution in [0.25, 0.3) is 11.3 Å². The SMILES string of the molecule is Cc1c(NC(=O)N2CCC(NS(=O)(=O)C(C)C)CC2)ccc(-c2ccco2)c1C. The van der Waals surface area contributed by atoms with E-state index in [1.165, 1.54) is 0 Å². The van der Waals surface area contributed by atoms with Gasteiger partial charge in [-0.25, -0.2) is 17.9 Å². The molecule has 1 saturated heterocycles. The highest BCUT2D eigenvalue weighted by Crippen LogP contribution is 2.30. The number of urea groups is 1. The Kier molecular flexibility index (Phi) is 6.33. The molecule has 1 aromatic carbocycles. The van der Waals surface area contributed by atoms with Crippen molar-refractivity contribution in [2.45, 2.75) is 51.8 Å². The third-order valence-electron chi connectivity index (χ3n) is 5.55. The number of hydrogen-bond donors (Lipinski definition) is 2. The first kappa shape index (κ1) is 21.4. The van der Waals surface area contributed by atoms with Crippen LogP contribution in [0.15, 0.2) is 34.9 Å². The summed E-state index contributed by atoms with van der Waals surface area (Å²) in [6.07, 6.45) is 2.86. The summed E-state index contributed by atoms with van der Waals surface area (Å²) in [4.78, 5) is 14.4. The number of likely N-dealkylation sites (tertiary alicyclic amines) is 1. The molecule has 2 N–H and O–H groups in total. The fraction of sp³-hybridized carbons (Fsp3) is 0.476. The molecule has 158 valence electrons. The molecule has 0 radical (unpaired) electrons. The van der Waals surface area contributed by atoms with E-state index in [-0.39, 0.29) is 12.1 Å². The normalized spacial score (nSPS) is 15.7. The molecule has 1 fully saturated rings. The van der Waals surface area contributed by atoms with Gasteiger partial charge in [0.2, 0.25) is 10.0 Å². The van der Waals surface area contributed by atoms with Gasteiger partial charge in [0.15, 0.2) is 0 Å². The zero-order chi connectivity index (χ0) is 21.2. The van der Waals surface area contributed by atoms with Crippen molar-refractivity contribution in [2.75, 3.05) is 18.4 Å². The van der Waals surface area contributed by atoms with Gasteiger partial charge in [-0.05, 0) is 75.9 Å². The third-order valence-corrected chi connectivity index (χ3v) is 7.45. The largest absolute Gasteiger partial charge is 0.464 e. The minimum atomic E-state index is -3.29. The number of nitrogens with one attached hydrogen (secondary N) is 2. The number of benzene rings is 1. The highest BCUT2D eigenvalue weighted by Gasteiger charge is 2.27. The maximum atomic E-state index is 12.7. The Morgan fingerprint density at radius 1 is 1.14 bits per heavy atom. The first-order valence-electron chi connectivity index (χ1n) is 9.90. The Morgan fingerprint density at radius 2 is 1.83 bits per heavy atom. The van der Waals surface area contributed by atoms with Crippen molar-refractivity contribution >= 4 is 21.7 Å². The summed E-state index contributed by atoms with van der Waals surface area (Å²) in [7, 11) is -3.29. The second-order valence-corrected chi connectivity index (χ2v) is 10.1. The second kappa shape index (κ2) is 8.59. The highest BCUT2D eigenvalue weighted by molar-refractivity contribution is 7.90. The molecule has 2 amide bonds. The zero-order valence-electron chi connectivity index (χ0n) is 17.4. The topological polar surface area (TPSA) is 91.7 Å². The Balaban J connectivity index is 1.61. The lowest BCUT2D eigenvalue weighted by Gasteiger charge is -2.32. The van der Waals surface area contributed by atoms with Gasteiger partial charge in [-0.3, -0.25) is 0 Å². The number of carbonyl (C=O) groups is 1. The fourth-order valence-electron chi connectivity index (χ4n) is 3.42. The molecule has 8 heteroatoms. The minimum absolute atomic E-state index is 0.122. The van der Waals surface area contributed by atoms with Crippen LogP contribution in [0.1, 0.15) is 37.8 Å². The maximum absolute atomic E-state index is 12.7. The quantitative estimate of drug-likeness (QED) is 0.769. The Hall–Kier alpha value is -2.32. The average Bonchev–Trinajstić information content (AvgIpc) is 3.20. The molecule has 1 aromatic heterocycles. The van der Waals surface area contributed by atoms with Crippen molar-refractivity contribution in [1.29, 1.82) is 0 Å². The van der Waals surface area contributed by atoms with Crippen LogP contribution in [0.3, 0.4) is 0 Å². The van der Waals surface area contributed by atoms with Crippen molar-refractivity contribution in [2.24, 2.45) is 0 Å². The molecule has 1 aliphatic heterocycles. The summed E-state index contributed by atoms with van der Waals surface area (Å²) < 4.78 is 32.3. The third kappa shape index (κ3) is 4.82. The lowest BCUT2D eigenvalue weighted by atomic mass is 10.00. The minimum Gasteiger partial charge on any atom is -0.464 e. The van der Waals surface area contributed by atoms with E-state index in [2.05, 4.69) is 10.0 Å². The van der Waals surface area contributed by atoms with Crippen molar-refractivity contribution < 1.29 is 17.6 Å². The molecule has 29 heavy (non-hydrogen) atoms. The number of sulfonamides is 1. The van der Waals surface area contributed by atoms with Gasteiger partial charge in [0, 0.05) is 30.4 Å². The van der Waals surface area contributed by atoms with Gasteiger partial charge >= 0.3 is 6.03 Å². The van der Waals surface area contributed by atoms with E-state index in [4.69, 9.17) is 4.42 Å². The number of piperidine rings is 1. The Bertz CT molecular complexity index is 960. The number of nitrogens with zero attached hydrogens (tertiary/aromatic N) is 1. The molecule has 2 aromatic rings. The molecule has 0 unspecified atom stereocenters. The monoisotopic (exact) mass is 419 g/mol. The van der Waals surface area contributed by atoms with Gasteiger partial charge < -0.3 is 14.6 Å². The zero-order valence-corrected chi connectivity index (χ0v) is 18.2. The van der Waals surface area contributed by atoms with E-state index in [1.54, 1.807) is 25.0 Å². The maximum Gasteiger partial charge on any atom is 0.321 e. The van der Waals surface area contributed by atoms with Crippen molar-refractivity contribution in [3.05, 3.63) is 41.7 Å². The molecular formula is C21H29N3O4S. The molecule has 7 nitrogen and oxygen atoms in total. The number of rotatable bonds is 5. The number of furan rings is 1. The molecule has 3 rings (SSSR count). The van der Waals surface area contributed by atoms with Gasteiger partial charge in [-0.2, -0.15) is 0 Å². The molecule has 0 saturated carbocycles. The first-order valence-corrected chi connectivity index (χ1v) is 11.4. The van der Waals surface area contributed by atoms with Gasteiger partial charge in [-0.15, -0.1) is 0 Å². The Labute approximate surface area is 172 Å². The van der Waals surface area contributed by atoms with Crippen LogP contribution < -0.4 is 10.0 Å². The summed E-state index contributed by atoms with van der Waals surface area (Å²) in [5.74, 6) is 0.800. The summed E-state index contributed by atoms with van der Waals surface area (Å²) in [5, 5.41) is 2.53. The van der Waals surface area contributed by atoms with E-state index in [0.29, 0.717) is 25.9 Å². The predicted molar refractivity (Wildman–Crippen MR) is 114 cm³/mol. The van der Waals surface area contributed by atoms with E-state index in [9.17, 15) is 13.2 Å². The summed E-state index contributed by atoms with van der Waals surface area (Å²) in [5.41, 5.74) is 3.82. The van der Waals surface area contributed by atoms with E-state index in [1.807, 2.05) is 38.1 Å². The molecule has 0 spiro atoms. The van der Waals surface area contributed by atoms with Crippen LogP contribution in [0.2, 0.25) is 0 Å². The predicted octanol–water partition coefficient (Wildman–Crippen LogP) is 3.89. The molecule has 1 aliphatic rings. The van der Waals surface area contributed by atoms with Crippen LogP contribution in [0.4, 0.5) is 10.5 Å². The average molecular weight is 420 g/mol. The van der Waals surface area contributed by atoms with E-state index >= 15 is 0 Å². The van der Waals surface area contributed by atoms with Crippen molar-refractivity contribution in [1.82, 2.24) is 9.62 Å². The standard InChI is InChI=1S/C21H29N3O4S/c1-14(2)29(26,27)23-17-9-11-24(12-10-17)21(25)22-19-8-7-18(15(3)16(19)4)20-6-5-13-28-20/h5-8,13-14,17,23H,9-12H2,1-4H3,(H,22,25). The van der Waals surface area contributed by atoms with E-state index < -0.39 is 15.3 Å². The van der Waals surface area contributed by atoms with Gasteiger partial charge in [0.25, 0.3) is 0 Å². The first-order chi connectivity index (χ1) is 13.7. The lowest BCUT2D eigenvalue weighted by molar-refractivity contribution is 0.193. The lowest BCUT2D eigenvalue weighted by Crippen LogP contribution is -2.48. The van der Waals surface area contributed by atoms with Crippen LogP contribution in [0.5, 0.6) is 0 Å². The molecule has 0 atom stereocenters. The smallest absolute Gasteiger partial charge is 0.321 e. The summed E-state index contributed by atoms with van der Waals surface area (Å²) >= 11 is 0. The molecular weight excluding hydrogens is 390 g/mol.